The average Bonchev–Trinajstić information content (AvgIpc) is 2.41. The smallest absolute Gasteiger partial charge is 0.138 e. The Morgan fingerprint density at radius 3 is 2.26 bits per heavy atom. The first kappa shape index (κ1) is 13.9. The van der Waals surface area contributed by atoms with Gasteiger partial charge in [-0.25, -0.2) is 0 Å². The molecule has 2 rings (SSSR count). The van der Waals surface area contributed by atoms with Crippen LogP contribution >= 0.6 is 11.6 Å². The summed E-state index contributed by atoms with van der Waals surface area (Å²) in [4.78, 5) is 0. The summed E-state index contributed by atoms with van der Waals surface area (Å²) in [5.74, 6) is 0.683. The first-order chi connectivity index (χ1) is 9.08. The van der Waals surface area contributed by atoms with E-state index in [4.69, 9.17) is 22.1 Å². The third-order valence-electron chi connectivity index (χ3n) is 3.05. The standard InChI is InChI=1S/C16H18ClNO/c1-11(18)14-8-9-16(15(17)10-14)19-12(2)13-6-4-3-5-7-13/h3-12H,18H2,1-2H3/t11-,12?/m1/s1. The normalized spacial score (nSPS) is 13.9. The van der Waals surface area contributed by atoms with Gasteiger partial charge in [0.1, 0.15) is 11.9 Å². The van der Waals surface area contributed by atoms with Crippen LogP contribution < -0.4 is 10.5 Å². The molecule has 100 valence electrons. The molecular formula is C16H18ClNO. The zero-order valence-corrected chi connectivity index (χ0v) is 11.9. The lowest BCUT2D eigenvalue weighted by molar-refractivity contribution is 0.227. The van der Waals surface area contributed by atoms with E-state index in [0.717, 1.165) is 11.1 Å². The number of hydrogen-bond donors (Lipinski definition) is 1. The molecule has 2 atom stereocenters. The zero-order valence-electron chi connectivity index (χ0n) is 11.1. The number of nitrogens with two attached hydrogens (primary N) is 1. The first-order valence-electron chi connectivity index (χ1n) is 6.34. The summed E-state index contributed by atoms with van der Waals surface area (Å²) in [5.41, 5.74) is 7.95. The second kappa shape index (κ2) is 6.09. The molecule has 2 aromatic rings. The van der Waals surface area contributed by atoms with Gasteiger partial charge in [-0.1, -0.05) is 48.0 Å². The van der Waals surface area contributed by atoms with Crippen molar-refractivity contribution in [1.29, 1.82) is 0 Å². The minimum Gasteiger partial charge on any atom is -0.484 e. The van der Waals surface area contributed by atoms with Crippen LogP contribution in [0.1, 0.15) is 37.1 Å². The van der Waals surface area contributed by atoms with Crippen LogP contribution in [0.3, 0.4) is 0 Å². The number of halogens is 1. The number of hydrogen-bond acceptors (Lipinski definition) is 2. The molecule has 2 N–H and O–H groups in total. The van der Waals surface area contributed by atoms with E-state index >= 15 is 0 Å². The number of benzene rings is 2. The Morgan fingerprint density at radius 2 is 1.68 bits per heavy atom. The summed E-state index contributed by atoms with van der Waals surface area (Å²) >= 11 is 6.22. The molecule has 0 aliphatic rings. The van der Waals surface area contributed by atoms with Crippen LogP contribution in [0.4, 0.5) is 0 Å². The predicted molar refractivity (Wildman–Crippen MR) is 79.5 cm³/mol. The molecule has 3 heteroatoms. The van der Waals surface area contributed by atoms with Crippen LogP contribution in [0.25, 0.3) is 0 Å². The van der Waals surface area contributed by atoms with Gasteiger partial charge in [0, 0.05) is 6.04 Å². The Balaban J connectivity index is 2.15. The summed E-state index contributed by atoms with van der Waals surface area (Å²) in [6.07, 6.45) is -0.0418. The van der Waals surface area contributed by atoms with Crippen LogP contribution in [0.5, 0.6) is 5.75 Å². The van der Waals surface area contributed by atoms with E-state index in [0.29, 0.717) is 10.8 Å². The monoisotopic (exact) mass is 275 g/mol. The molecule has 0 saturated carbocycles. The topological polar surface area (TPSA) is 35.2 Å². The van der Waals surface area contributed by atoms with E-state index in [1.165, 1.54) is 0 Å². The first-order valence-corrected chi connectivity index (χ1v) is 6.72. The minimum atomic E-state index is -0.0418. The maximum atomic E-state index is 6.22. The molecule has 0 saturated heterocycles. The van der Waals surface area contributed by atoms with Gasteiger partial charge in [-0.3, -0.25) is 0 Å². The highest BCUT2D eigenvalue weighted by atomic mass is 35.5. The minimum absolute atomic E-state index is 0.0295. The molecular weight excluding hydrogens is 258 g/mol. The third kappa shape index (κ3) is 3.49. The lowest BCUT2D eigenvalue weighted by Crippen LogP contribution is -2.06. The summed E-state index contributed by atoms with van der Waals surface area (Å²) in [6, 6.07) is 15.7. The second-order valence-electron chi connectivity index (χ2n) is 4.65. The quantitative estimate of drug-likeness (QED) is 0.892. The van der Waals surface area contributed by atoms with Gasteiger partial charge in [0.05, 0.1) is 5.02 Å². The fourth-order valence-electron chi connectivity index (χ4n) is 1.88. The molecule has 0 fully saturated rings. The second-order valence-corrected chi connectivity index (χ2v) is 5.06. The van der Waals surface area contributed by atoms with Crippen LogP contribution in [0.15, 0.2) is 48.5 Å². The van der Waals surface area contributed by atoms with E-state index < -0.39 is 0 Å². The van der Waals surface area contributed by atoms with Gasteiger partial charge in [-0.15, -0.1) is 0 Å². The van der Waals surface area contributed by atoms with E-state index in [1.807, 2.05) is 62.4 Å². The van der Waals surface area contributed by atoms with Crippen molar-refractivity contribution in [3.63, 3.8) is 0 Å². The molecule has 19 heavy (non-hydrogen) atoms. The Labute approximate surface area is 119 Å². The molecule has 0 aromatic heterocycles. The van der Waals surface area contributed by atoms with Crippen molar-refractivity contribution in [2.24, 2.45) is 5.73 Å². The lowest BCUT2D eigenvalue weighted by Gasteiger charge is -2.17. The van der Waals surface area contributed by atoms with Crippen molar-refractivity contribution in [3.8, 4) is 5.75 Å². The maximum absolute atomic E-state index is 6.22. The SMILES string of the molecule is CC(Oc1ccc([C@@H](C)N)cc1Cl)c1ccccc1. The molecule has 0 bridgehead atoms. The Morgan fingerprint density at radius 1 is 1.00 bits per heavy atom. The zero-order chi connectivity index (χ0) is 13.8. The molecule has 0 radical (unpaired) electrons. The Bertz CT molecular complexity index is 540. The highest BCUT2D eigenvalue weighted by Crippen LogP contribution is 2.31. The van der Waals surface area contributed by atoms with Gasteiger partial charge in [-0.2, -0.15) is 0 Å². The fraction of sp³-hybridized carbons (Fsp3) is 0.250. The van der Waals surface area contributed by atoms with E-state index in [9.17, 15) is 0 Å². The molecule has 0 amide bonds. The molecule has 1 unspecified atom stereocenters. The summed E-state index contributed by atoms with van der Waals surface area (Å²) in [7, 11) is 0. The third-order valence-corrected chi connectivity index (χ3v) is 3.35. The van der Waals surface area contributed by atoms with Gasteiger partial charge in [-0.05, 0) is 37.1 Å². The fourth-order valence-corrected chi connectivity index (χ4v) is 2.11. The Kier molecular flexibility index (Phi) is 4.46. The molecule has 0 heterocycles. The predicted octanol–water partition coefficient (Wildman–Crippen LogP) is 4.50. The highest BCUT2D eigenvalue weighted by molar-refractivity contribution is 6.32. The average molecular weight is 276 g/mol. The number of rotatable bonds is 4. The molecule has 2 aromatic carbocycles. The van der Waals surface area contributed by atoms with Crippen LogP contribution in [-0.2, 0) is 0 Å². The van der Waals surface area contributed by atoms with E-state index in [1.54, 1.807) is 0 Å². The van der Waals surface area contributed by atoms with E-state index in [-0.39, 0.29) is 12.1 Å². The van der Waals surface area contributed by atoms with Crippen molar-refractivity contribution in [2.75, 3.05) is 0 Å². The van der Waals surface area contributed by atoms with Gasteiger partial charge >= 0.3 is 0 Å². The molecule has 0 aliphatic carbocycles. The lowest BCUT2D eigenvalue weighted by atomic mass is 10.1. The van der Waals surface area contributed by atoms with Crippen molar-refractivity contribution in [3.05, 3.63) is 64.7 Å². The van der Waals surface area contributed by atoms with Gasteiger partial charge < -0.3 is 10.5 Å². The van der Waals surface area contributed by atoms with Gasteiger partial charge in [0.15, 0.2) is 0 Å². The summed E-state index contributed by atoms with van der Waals surface area (Å²) in [6.45, 7) is 3.93. The van der Waals surface area contributed by atoms with Gasteiger partial charge in [0.2, 0.25) is 0 Å². The van der Waals surface area contributed by atoms with Crippen molar-refractivity contribution < 1.29 is 4.74 Å². The summed E-state index contributed by atoms with van der Waals surface area (Å²) in [5, 5.41) is 0.595. The van der Waals surface area contributed by atoms with E-state index in [2.05, 4.69) is 0 Å². The summed E-state index contributed by atoms with van der Waals surface area (Å²) < 4.78 is 5.89. The molecule has 2 nitrogen and oxygen atoms in total. The van der Waals surface area contributed by atoms with Crippen molar-refractivity contribution in [2.45, 2.75) is 26.0 Å². The highest BCUT2D eigenvalue weighted by Gasteiger charge is 2.10. The number of ether oxygens (including phenoxy) is 1. The molecule has 0 aliphatic heterocycles. The Hall–Kier alpha value is -1.51. The van der Waals surface area contributed by atoms with Crippen LogP contribution in [0.2, 0.25) is 5.02 Å². The van der Waals surface area contributed by atoms with Gasteiger partial charge in [0.25, 0.3) is 0 Å². The largest absolute Gasteiger partial charge is 0.484 e. The van der Waals surface area contributed by atoms with Crippen molar-refractivity contribution in [1.82, 2.24) is 0 Å². The van der Waals surface area contributed by atoms with Crippen LogP contribution in [0, 0.1) is 0 Å². The maximum Gasteiger partial charge on any atom is 0.138 e. The molecule has 0 spiro atoms. The van der Waals surface area contributed by atoms with Crippen LogP contribution in [-0.4, -0.2) is 0 Å². The van der Waals surface area contributed by atoms with Crippen molar-refractivity contribution >= 4 is 11.6 Å².